The number of carboxylic acid groups (broad SMARTS) is 1. The first-order valence-electron chi connectivity index (χ1n) is 8.72. The number of unbranched alkanes of at least 4 members (excludes halogenated alkanes) is 1. The van der Waals surface area contributed by atoms with Gasteiger partial charge in [0.1, 0.15) is 0 Å². The van der Waals surface area contributed by atoms with E-state index in [1.165, 1.54) is 19.3 Å². The number of nitrogens with one attached hydrogen (secondary N) is 1. The van der Waals surface area contributed by atoms with Crippen LogP contribution in [-0.4, -0.2) is 22.9 Å². The third-order valence-electron chi connectivity index (χ3n) is 4.80. The molecule has 130 valence electrons. The molecule has 5 nitrogen and oxygen atoms in total. The molecule has 5 heteroatoms. The predicted octanol–water partition coefficient (Wildman–Crippen LogP) is 3.64. The standard InChI is InChI=1S/C11H20O2.C8H5NO2/c1-2-3-6-9-7-4-5-8-10(9)11(12)13;10-7-5-3-1-2-4-6(5)8(11)9-7/h9-10H,2-8H2,1H3,(H,12,13);1-4H,(H,9,10,11). The highest BCUT2D eigenvalue weighted by molar-refractivity contribution is 6.21. The molecule has 1 heterocycles. The maximum atomic E-state index is 10.9. The zero-order chi connectivity index (χ0) is 17.5. The fourth-order valence-electron chi connectivity index (χ4n) is 3.46. The van der Waals surface area contributed by atoms with Gasteiger partial charge in [0.25, 0.3) is 11.8 Å². The van der Waals surface area contributed by atoms with Gasteiger partial charge in [-0.3, -0.25) is 19.7 Å². The lowest BCUT2D eigenvalue weighted by atomic mass is 9.77. The second-order valence-electron chi connectivity index (χ2n) is 6.46. The second-order valence-corrected chi connectivity index (χ2v) is 6.46. The van der Waals surface area contributed by atoms with Crippen molar-refractivity contribution in [2.75, 3.05) is 0 Å². The van der Waals surface area contributed by atoms with Gasteiger partial charge < -0.3 is 5.11 Å². The fraction of sp³-hybridized carbons (Fsp3) is 0.526. The van der Waals surface area contributed by atoms with Crippen molar-refractivity contribution in [1.82, 2.24) is 5.32 Å². The third kappa shape index (κ3) is 4.43. The molecule has 0 spiro atoms. The predicted molar refractivity (Wildman–Crippen MR) is 90.8 cm³/mol. The van der Waals surface area contributed by atoms with Crippen molar-refractivity contribution in [2.45, 2.75) is 51.9 Å². The lowest BCUT2D eigenvalue weighted by Crippen LogP contribution is -2.26. The van der Waals surface area contributed by atoms with Crippen LogP contribution in [0.25, 0.3) is 0 Å². The first-order valence-corrected chi connectivity index (χ1v) is 8.72. The Morgan fingerprint density at radius 1 is 1.12 bits per heavy atom. The van der Waals surface area contributed by atoms with E-state index in [0.29, 0.717) is 17.0 Å². The molecule has 2 amide bonds. The molecule has 3 rings (SSSR count). The van der Waals surface area contributed by atoms with Crippen LogP contribution in [0.5, 0.6) is 0 Å². The molecule has 2 unspecified atom stereocenters. The van der Waals surface area contributed by atoms with Gasteiger partial charge in [-0.15, -0.1) is 0 Å². The number of imide groups is 1. The fourth-order valence-corrected chi connectivity index (χ4v) is 3.46. The molecule has 2 aliphatic rings. The number of carbonyl (C=O) groups is 3. The van der Waals surface area contributed by atoms with Crippen LogP contribution in [0.15, 0.2) is 24.3 Å². The molecule has 2 N–H and O–H groups in total. The van der Waals surface area contributed by atoms with E-state index in [1.54, 1.807) is 24.3 Å². The van der Waals surface area contributed by atoms with E-state index < -0.39 is 5.97 Å². The van der Waals surface area contributed by atoms with E-state index in [9.17, 15) is 14.4 Å². The Morgan fingerprint density at radius 3 is 2.25 bits per heavy atom. The Labute approximate surface area is 142 Å². The molecule has 1 aromatic carbocycles. The Morgan fingerprint density at radius 2 is 1.71 bits per heavy atom. The van der Waals surface area contributed by atoms with Gasteiger partial charge in [-0.1, -0.05) is 44.7 Å². The number of aliphatic carboxylic acids is 1. The van der Waals surface area contributed by atoms with E-state index in [0.717, 1.165) is 25.7 Å². The molecule has 1 saturated carbocycles. The summed E-state index contributed by atoms with van der Waals surface area (Å²) in [6, 6.07) is 6.74. The molecule has 1 aromatic rings. The monoisotopic (exact) mass is 331 g/mol. The zero-order valence-corrected chi connectivity index (χ0v) is 14.1. The third-order valence-corrected chi connectivity index (χ3v) is 4.80. The summed E-state index contributed by atoms with van der Waals surface area (Å²) in [7, 11) is 0. The van der Waals surface area contributed by atoms with Crippen LogP contribution in [-0.2, 0) is 4.79 Å². The maximum absolute atomic E-state index is 10.9. The molecule has 1 aliphatic heterocycles. The van der Waals surface area contributed by atoms with Gasteiger partial charge in [0, 0.05) is 0 Å². The summed E-state index contributed by atoms with van der Waals surface area (Å²) in [4.78, 5) is 32.8. The van der Waals surface area contributed by atoms with E-state index in [-0.39, 0.29) is 17.7 Å². The van der Waals surface area contributed by atoms with Crippen LogP contribution in [0.3, 0.4) is 0 Å². The smallest absolute Gasteiger partial charge is 0.306 e. The zero-order valence-electron chi connectivity index (χ0n) is 14.1. The van der Waals surface area contributed by atoms with Crippen molar-refractivity contribution in [3.05, 3.63) is 35.4 Å². The van der Waals surface area contributed by atoms with Gasteiger partial charge in [-0.2, -0.15) is 0 Å². The first-order chi connectivity index (χ1) is 11.5. The highest BCUT2D eigenvalue weighted by Crippen LogP contribution is 2.33. The number of fused-ring (bicyclic) bond motifs is 1. The summed E-state index contributed by atoms with van der Waals surface area (Å²) >= 11 is 0. The van der Waals surface area contributed by atoms with Crippen molar-refractivity contribution < 1.29 is 19.5 Å². The Hall–Kier alpha value is -2.17. The van der Waals surface area contributed by atoms with Gasteiger partial charge in [0.2, 0.25) is 0 Å². The first kappa shape index (κ1) is 18.2. The Kier molecular flexibility index (Phi) is 6.53. The van der Waals surface area contributed by atoms with Crippen LogP contribution in [0.2, 0.25) is 0 Å². The average Bonchev–Trinajstić information content (AvgIpc) is 2.88. The van der Waals surface area contributed by atoms with Crippen molar-refractivity contribution in [3.63, 3.8) is 0 Å². The minimum absolute atomic E-state index is 0.0414. The molecule has 0 aromatic heterocycles. The summed E-state index contributed by atoms with van der Waals surface area (Å²) in [6.45, 7) is 2.17. The van der Waals surface area contributed by atoms with Crippen molar-refractivity contribution in [1.29, 1.82) is 0 Å². The molecule has 1 fully saturated rings. The van der Waals surface area contributed by atoms with Crippen molar-refractivity contribution in [2.24, 2.45) is 11.8 Å². The summed E-state index contributed by atoms with van der Waals surface area (Å²) in [6.07, 6.45) is 7.88. The van der Waals surface area contributed by atoms with Gasteiger partial charge in [-0.05, 0) is 37.3 Å². The summed E-state index contributed by atoms with van der Waals surface area (Å²) < 4.78 is 0. The van der Waals surface area contributed by atoms with Gasteiger partial charge in [-0.25, -0.2) is 0 Å². The lowest BCUT2D eigenvalue weighted by molar-refractivity contribution is -0.145. The number of amides is 2. The molecule has 0 radical (unpaired) electrons. The van der Waals surface area contributed by atoms with Crippen molar-refractivity contribution >= 4 is 17.8 Å². The largest absolute Gasteiger partial charge is 0.481 e. The van der Waals surface area contributed by atoms with Crippen LogP contribution in [0.4, 0.5) is 0 Å². The minimum Gasteiger partial charge on any atom is -0.481 e. The van der Waals surface area contributed by atoms with E-state index in [4.69, 9.17) is 5.11 Å². The van der Waals surface area contributed by atoms with Crippen LogP contribution in [0, 0.1) is 11.8 Å². The minimum atomic E-state index is -0.569. The molecule has 24 heavy (non-hydrogen) atoms. The number of carbonyl (C=O) groups excluding carboxylic acids is 2. The average molecular weight is 331 g/mol. The number of benzene rings is 1. The Balaban J connectivity index is 0.000000175. The normalized spacial score (nSPS) is 22.2. The summed E-state index contributed by atoms with van der Waals surface area (Å²) in [5.41, 5.74) is 0.940. The molecular weight excluding hydrogens is 306 g/mol. The molecule has 2 atom stereocenters. The van der Waals surface area contributed by atoms with Gasteiger partial charge in [0.15, 0.2) is 0 Å². The SMILES string of the molecule is CCCCC1CCCCC1C(=O)O.O=C1NC(=O)c2ccccc21. The lowest BCUT2D eigenvalue weighted by Gasteiger charge is -2.28. The summed E-state index contributed by atoms with van der Waals surface area (Å²) in [5, 5.41) is 11.2. The highest BCUT2D eigenvalue weighted by Gasteiger charge is 2.29. The summed E-state index contributed by atoms with van der Waals surface area (Å²) in [5.74, 6) is -0.747. The molecule has 0 saturated heterocycles. The second kappa shape index (κ2) is 8.62. The van der Waals surface area contributed by atoms with Gasteiger partial charge >= 0.3 is 5.97 Å². The van der Waals surface area contributed by atoms with Crippen LogP contribution in [0.1, 0.15) is 72.6 Å². The quantitative estimate of drug-likeness (QED) is 0.825. The van der Waals surface area contributed by atoms with Crippen molar-refractivity contribution in [3.8, 4) is 0 Å². The topological polar surface area (TPSA) is 83.5 Å². The number of rotatable bonds is 4. The number of hydrogen-bond acceptors (Lipinski definition) is 3. The van der Waals surface area contributed by atoms with Gasteiger partial charge in [0.05, 0.1) is 17.0 Å². The van der Waals surface area contributed by atoms with E-state index >= 15 is 0 Å². The maximum Gasteiger partial charge on any atom is 0.306 e. The molecule has 0 bridgehead atoms. The number of hydrogen-bond donors (Lipinski definition) is 2. The van der Waals surface area contributed by atoms with Crippen LogP contribution < -0.4 is 5.32 Å². The Bertz CT molecular complexity index is 578. The van der Waals surface area contributed by atoms with E-state index in [2.05, 4.69) is 12.2 Å². The molecular formula is C19H25NO4. The molecule has 1 aliphatic carbocycles. The highest BCUT2D eigenvalue weighted by atomic mass is 16.4. The van der Waals surface area contributed by atoms with Crippen LogP contribution >= 0.6 is 0 Å². The number of carboxylic acids is 1. The van der Waals surface area contributed by atoms with E-state index in [1.807, 2.05) is 0 Å².